The van der Waals surface area contributed by atoms with Crippen LogP contribution in [0.1, 0.15) is 19.8 Å². The number of alkyl halides is 1. The van der Waals surface area contributed by atoms with Crippen LogP contribution in [0.3, 0.4) is 0 Å². The number of carboxylic acid groups (broad SMARTS) is 1. The predicted octanol–water partition coefficient (Wildman–Crippen LogP) is 1.89. The third kappa shape index (κ3) is 3.11. The minimum atomic E-state index is -1.03. The van der Waals surface area contributed by atoms with Gasteiger partial charge in [0.1, 0.15) is 0 Å². The molecule has 0 aliphatic carbocycles. The van der Waals surface area contributed by atoms with Crippen molar-refractivity contribution in [2.24, 2.45) is 0 Å². The van der Waals surface area contributed by atoms with Crippen LogP contribution in [0.2, 0.25) is 0 Å². The van der Waals surface area contributed by atoms with Crippen molar-refractivity contribution in [3.05, 3.63) is 0 Å². The van der Waals surface area contributed by atoms with E-state index in [1.54, 1.807) is 0 Å². The molecule has 0 saturated carbocycles. The van der Waals surface area contributed by atoms with E-state index in [0.717, 1.165) is 6.42 Å². The van der Waals surface area contributed by atoms with E-state index < -0.39 is 9.63 Å². The molecule has 0 spiro atoms. The summed E-state index contributed by atoms with van der Waals surface area (Å²) in [5.41, 5.74) is 0. The number of aliphatic carboxylic acids is 1. The molecule has 1 unspecified atom stereocenters. The van der Waals surface area contributed by atoms with Gasteiger partial charge in [-0.15, -0.1) is 12.6 Å². The van der Waals surface area contributed by atoms with Gasteiger partial charge in [0.15, 0.2) is 3.66 Å². The van der Waals surface area contributed by atoms with Crippen LogP contribution in [0, 0.1) is 0 Å². The molecule has 0 radical (unpaired) electrons. The van der Waals surface area contributed by atoms with Gasteiger partial charge in [0.25, 0.3) is 0 Å². The van der Waals surface area contributed by atoms with Gasteiger partial charge in [-0.2, -0.15) is 0 Å². The van der Waals surface area contributed by atoms with Gasteiger partial charge in [0, 0.05) is 0 Å². The van der Waals surface area contributed by atoms with Gasteiger partial charge in [0.2, 0.25) is 0 Å². The highest BCUT2D eigenvalue weighted by Crippen LogP contribution is 2.28. The maximum Gasteiger partial charge on any atom is 0.330 e. The summed E-state index contributed by atoms with van der Waals surface area (Å²) in [5, 5.41) is 8.45. The zero-order valence-corrected chi connectivity index (χ0v) is 7.58. The molecule has 9 heavy (non-hydrogen) atoms. The minimum absolute atomic E-state index is 0.533. The van der Waals surface area contributed by atoms with Crippen LogP contribution in [0.25, 0.3) is 0 Å². The highest BCUT2D eigenvalue weighted by molar-refractivity contribution is 9.12. The monoisotopic (exact) mass is 212 g/mol. The van der Waals surface area contributed by atoms with Crippen LogP contribution in [-0.4, -0.2) is 14.7 Å². The number of hydrogen-bond donors (Lipinski definition) is 2. The zero-order chi connectivity index (χ0) is 7.49. The first-order chi connectivity index (χ1) is 4.00. The molecule has 0 saturated heterocycles. The lowest BCUT2D eigenvalue weighted by Crippen LogP contribution is -2.24. The first kappa shape index (κ1) is 9.30. The maximum atomic E-state index is 10.3. The number of carbonyl (C=O) groups is 1. The summed E-state index contributed by atoms with van der Waals surface area (Å²) in [5.74, 6) is -0.923. The van der Waals surface area contributed by atoms with Crippen LogP contribution >= 0.6 is 28.6 Å². The Balaban J connectivity index is 3.85. The van der Waals surface area contributed by atoms with Crippen LogP contribution in [0.15, 0.2) is 0 Å². The fourth-order valence-electron chi connectivity index (χ4n) is 0.438. The maximum absolute atomic E-state index is 10.3. The highest BCUT2D eigenvalue weighted by Gasteiger charge is 2.29. The second kappa shape index (κ2) is 3.46. The molecule has 0 rings (SSSR count). The van der Waals surface area contributed by atoms with Gasteiger partial charge in [-0.1, -0.05) is 29.3 Å². The Kier molecular flexibility index (Phi) is 3.58. The van der Waals surface area contributed by atoms with Crippen LogP contribution in [-0.2, 0) is 4.79 Å². The van der Waals surface area contributed by atoms with Gasteiger partial charge < -0.3 is 5.11 Å². The molecule has 1 atom stereocenters. The summed E-state index contributed by atoms with van der Waals surface area (Å²) < 4.78 is -1.03. The average molecular weight is 213 g/mol. The molecule has 0 aliphatic heterocycles. The fraction of sp³-hybridized carbons (Fsp3) is 0.800. The van der Waals surface area contributed by atoms with E-state index >= 15 is 0 Å². The molecule has 0 aromatic carbocycles. The van der Waals surface area contributed by atoms with E-state index in [0.29, 0.717) is 6.42 Å². The van der Waals surface area contributed by atoms with E-state index in [-0.39, 0.29) is 0 Å². The normalized spacial score (nSPS) is 16.8. The van der Waals surface area contributed by atoms with Gasteiger partial charge in [-0.3, -0.25) is 0 Å². The van der Waals surface area contributed by atoms with Crippen molar-refractivity contribution in [1.82, 2.24) is 0 Å². The zero-order valence-electron chi connectivity index (χ0n) is 5.09. The van der Waals surface area contributed by atoms with E-state index in [2.05, 4.69) is 28.6 Å². The molecule has 0 fully saturated rings. The fourth-order valence-corrected chi connectivity index (χ4v) is 1.06. The number of carboxylic acids is 1. The third-order valence-corrected chi connectivity index (χ3v) is 2.06. The van der Waals surface area contributed by atoms with Crippen molar-refractivity contribution < 1.29 is 9.90 Å². The number of hydrogen-bond acceptors (Lipinski definition) is 2. The predicted molar refractivity (Wildman–Crippen MR) is 43.2 cm³/mol. The molecule has 2 nitrogen and oxygen atoms in total. The van der Waals surface area contributed by atoms with Crippen LogP contribution in [0.5, 0.6) is 0 Å². The lowest BCUT2D eigenvalue weighted by Gasteiger charge is -2.13. The Morgan fingerprint density at radius 3 is 2.44 bits per heavy atom. The standard InChI is InChI=1S/C5H9BrO2S/c1-2-3-5(6,9)4(7)8/h9H,2-3H2,1H3,(H,7,8). The molecule has 0 aromatic heterocycles. The second-order valence-electron chi connectivity index (χ2n) is 1.81. The molecule has 1 N–H and O–H groups in total. The number of thiol groups is 1. The smallest absolute Gasteiger partial charge is 0.330 e. The van der Waals surface area contributed by atoms with Crippen molar-refractivity contribution >= 4 is 34.5 Å². The molecule has 0 amide bonds. The SMILES string of the molecule is CCCC(S)(Br)C(=O)O. The van der Waals surface area contributed by atoms with Crippen molar-refractivity contribution in [1.29, 1.82) is 0 Å². The quantitative estimate of drug-likeness (QED) is 0.554. The van der Waals surface area contributed by atoms with E-state index in [9.17, 15) is 4.79 Å². The Morgan fingerprint density at radius 2 is 2.33 bits per heavy atom. The van der Waals surface area contributed by atoms with Gasteiger partial charge in [0.05, 0.1) is 0 Å². The Bertz CT molecular complexity index is 114. The summed E-state index contributed by atoms with van der Waals surface area (Å²) in [7, 11) is 0. The Labute approximate surface area is 68.2 Å². The van der Waals surface area contributed by atoms with Crippen molar-refractivity contribution in [3.8, 4) is 0 Å². The van der Waals surface area contributed by atoms with Crippen LogP contribution < -0.4 is 0 Å². The molecular weight excluding hydrogens is 204 g/mol. The molecule has 54 valence electrons. The summed E-state index contributed by atoms with van der Waals surface area (Å²) in [6.07, 6.45) is 1.34. The summed E-state index contributed by atoms with van der Waals surface area (Å²) in [6.45, 7) is 1.91. The minimum Gasteiger partial charge on any atom is -0.480 e. The molecule has 0 bridgehead atoms. The van der Waals surface area contributed by atoms with Gasteiger partial charge in [-0.25, -0.2) is 4.79 Å². The largest absolute Gasteiger partial charge is 0.480 e. The lowest BCUT2D eigenvalue weighted by atomic mass is 10.2. The third-order valence-electron chi connectivity index (χ3n) is 0.909. The second-order valence-corrected chi connectivity index (χ2v) is 4.54. The number of rotatable bonds is 3. The summed E-state index contributed by atoms with van der Waals surface area (Å²) >= 11 is 6.85. The van der Waals surface area contributed by atoms with E-state index in [1.807, 2.05) is 6.92 Å². The van der Waals surface area contributed by atoms with Crippen molar-refractivity contribution in [3.63, 3.8) is 0 Å². The lowest BCUT2D eigenvalue weighted by molar-refractivity contribution is -0.137. The van der Waals surface area contributed by atoms with Gasteiger partial charge in [-0.05, 0) is 6.42 Å². The molecular formula is C5H9BrO2S. The topological polar surface area (TPSA) is 37.3 Å². The van der Waals surface area contributed by atoms with Gasteiger partial charge >= 0.3 is 5.97 Å². The molecule has 0 aromatic rings. The van der Waals surface area contributed by atoms with Crippen molar-refractivity contribution in [2.75, 3.05) is 0 Å². The van der Waals surface area contributed by atoms with E-state index in [1.165, 1.54) is 0 Å². The average Bonchev–Trinajstić information content (AvgIpc) is 1.65. The number of halogens is 1. The summed E-state index contributed by atoms with van der Waals surface area (Å²) in [4.78, 5) is 10.3. The Hall–Kier alpha value is 0.300. The van der Waals surface area contributed by atoms with Crippen LogP contribution in [0.4, 0.5) is 0 Å². The highest BCUT2D eigenvalue weighted by atomic mass is 79.9. The van der Waals surface area contributed by atoms with Crippen molar-refractivity contribution in [2.45, 2.75) is 23.4 Å². The molecule has 0 aliphatic rings. The first-order valence-electron chi connectivity index (χ1n) is 2.65. The summed E-state index contributed by atoms with van der Waals surface area (Å²) in [6, 6.07) is 0. The first-order valence-corrected chi connectivity index (χ1v) is 3.89. The Morgan fingerprint density at radius 1 is 1.89 bits per heavy atom. The molecule has 4 heteroatoms. The molecule has 0 heterocycles. The van der Waals surface area contributed by atoms with E-state index in [4.69, 9.17) is 5.11 Å².